The molecule has 0 unspecified atom stereocenters. The van der Waals surface area contributed by atoms with E-state index in [9.17, 15) is 0 Å². The van der Waals surface area contributed by atoms with E-state index in [-0.39, 0.29) is 0 Å². The molecule has 11 aromatic rings. The molecule has 11 rings (SSSR count). The topological polar surface area (TPSA) is 31.0 Å². The largest absolute Gasteiger partial charge is 0.436 e. The van der Waals surface area contributed by atoms with Gasteiger partial charge in [-0.25, -0.2) is 4.98 Å². The molecular weight excluding hydrogens is 665 g/mol. The van der Waals surface area contributed by atoms with Crippen LogP contribution in [0.15, 0.2) is 186 Å². The van der Waals surface area contributed by atoms with Gasteiger partial charge in [0.25, 0.3) is 0 Å². The number of thiophene rings is 1. The van der Waals surface area contributed by atoms with Gasteiger partial charge in [0.05, 0.1) is 11.0 Å². The molecule has 3 nitrogen and oxygen atoms in total. The molecule has 0 fully saturated rings. The first kappa shape index (κ1) is 29.9. The lowest BCUT2D eigenvalue weighted by molar-refractivity contribution is 0.620. The summed E-state index contributed by atoms with van der Waals surface area (Å²) in [5.41, 5.74) is 13.3. The Hall–Kier alpha value is -6.75. The van der Waals surface area contributed by atoms with Crippen molar-refractivity contribution in [1.29, 1.82) is 0 Å². The van der Waals surface area contributed by atoms with E-state index >= 15 is 0 Å². The van der Waals surface area contributed by atoms with Crippen molar-refractivity contribution in [2.24, 2.45) is 0 Å². The van der Waals surface area contributed by atoms with Crippen molar-refractivity contribution in [3.05, 3.63) is 182 Å². The van der Waals surface area contributed by atoms with Gasteiger partial charge in [-0.05, 0) is 76.3 Å². The Labute approximate surface area is 309 Å². The third kappa shape index (κ3) is 4.77. The quantitative estimate of drug-likeness (QED) is 0.180. The van der Waals surface area contributed by atoms with Gasteiger partial charge >= 0.3 is 0 Å². The van der Waals surface area contributed by atoms with Crippen LogP contribution in [0, 0.1) is 0 Å². The number of benzene rings is 8. The number of oxazole rings is 1. The fraction of sp³-hybridized carbons (Fsp3) is 0. The van der Waals surface area contributed by atoms with Crippen LogP contribution in [0.25, 0.3) is 104 Å². The van der Waals surface area contributed by atoms with Gasteiger partial charge in [-0.15, -0.1) is 11.3 Å². The van der Waals surface area contributed by atoms with Crippen molar-refractivity contribution in [2.45, 2.75) is 0 Å². The van der Waals surface area contributed by atoms with Gasteiger partial charge in [-0.2, -0.15) is 0 Å². The lowest BCUT2D eigenvalue weighted by atomic mass is 9.98. The zero-order valence-electron chi connectivity index (χ0n) is 28.5. The van der Waals surface area contributed by atoms with Crippen LogP contribution < -0.4 is 0 Å². The number of para-hydroxylation sites is 1. The molecule has 0 aliphatic carbocycles. The summed E-state index contributed by atoms with van der Waals surface area (Å²) in [6, 6.07) is 64.8. The number of hydrogen-bond acceptors (Lipinski definition) is 3. The van der Waals surface area contributed by atoms with Crippen LogP contribution in [0.1, 0.15) is 0 Å². The average Bonchev–Trinajstić information content (AvgIpc) is 3.93. The molecule has 248 valence electrons. The van der Waals surface area contributed by atoms with Crippen LogP contribution in [-0.4, -0.2) is 9.55 Å². The van der Waals surface area contributed by atoms with Gasteiger partial charge in [0.15, 0.2) is 5.58 Å². The Bertz CT molecular complexity index is 3130. The minimum Gasteiger partial charge on any atom is -0.436 e. The minimum atomic E-state index is 0.627. The molecular formula is C49H30N2OS. The summed E-state index contributed by atoms with van der Waals surface area (Å²) in [6.45, 7) is 0. The van der Waals surface area contributed by atoms with Crippen LogP contribution >= 0.6 is 11.3 Å². The van der Waals surface area contributed by atoms with Gasteiger partial charge in [0, 0.05) is 47.8 Å². The van der Waals surface area contributed by atoms with Crippen molar-refractivity contribution < 1.29 is 4.42 Å². The van der Waals surface area contributed by atoms with Crippen molar-refractivity contribution in [1.82, 2.24) is 9.55 Å². The molecule has 0 radical (unpaired) electrons. The first-order valence-corrected chi connectivity index (χ1v) is 18.7. The fourth-order valence-electron chi connectivity index (χ4n) is 8.00. The summed E-state index contributed by atoms with van der Waals surface area (Å²) in [7, 11) is 0. The maximum atomic E-state index is 6.60. The maximum absolute atomic E-state index is 6.60. The Morgan fingerprint density at radius 3 is 1.85 bits per heavy atom. The highest BCUT2D eigenvalue weighted by molar-refractivity contribution is 7.26. The van der Waals surface area contributed by atoms with Crippen LogP contribution in [0.4, 0.5) is 0 Å². The monoisotopic (exact) mass is 694 g/mol. The van der Waals surface area contributed by atoms with Crippen LogP contribution in [0.5, 0.6) is 0 Å². The maximum Gasteiger partial charge on any atom is 0.227 e. The van der Waals surface area contributed by atoms with E-state index in [0.717, 1.165) is 33.3 Å². The van der Waals surface area contributed by atoms with Gasteiger partial charge in [-0.3, -0.25) is 0 Å². The summed E-state index contributed by atoms with van der Waals surface area (Å²) in [6.07, 6.45) is 0. The van der Waals surface area contributed by atoms with E-state index < -0.39 is 0 Å². The first-order valence-electron chi connectivity index (χ1n) is 17.9. The second-order valence-corrected chi connectivity index (χ2v) is 14.6. The van der Waals surface area contributed by atoms with Crippen molar-refractivity contribution in [2.75, 3.05) is 0 Å². The smallest absolute Gasteiger partial charge is 0.227 e. The van der Waals surface area contributed by atoms with E-state index in [1.165, 1.54) is 64.4 Å². The second-order valence-electron chi connectivity index (χ2n) is 13.5. The molecule has 3 aromatic heterocycles. The van der Waals surface area contributed by atoms with Crippen LogP contribution in [0.2, 0.25) is 0 Å². The molecule has 0 aliphatic heterocycles. The summed E-state index contributed by atoms with van der Waals surface area (Å²) in [4.78, 5) is 5.16. The Morgan fingerprint density at radius 1 is 0.453 bits per heavy atom. The number of rotatable bonds is 5. The van der Waals surface area contributed by atoms with E-state index in [4.69, 9.17) is 9.40 Å². The molecule has 0 N–H and O–H groups in total. The van der Waals surface area contributed by atoms with E-state index in [1.54, 1.807) is 0 Å². The molecule has 0 saturated carbocycles. The zero-order valence-corrected chi connectivity index (χ0v) is 29.3. The summed E-state index contributed by atoms with van der Waals surface area (Å²) in [5, 5.41) is 4.84. The molecule has 0 atom stereocenters. The SMILES string of the molecule is c1ccc(-c2ccc(-n3c4ccccc4c4c(-c5ccc(-c6nc7c(cc(-c8ccccc8)c8sc9ccccc9c87)o6)cc5)cccc43)cc2)cc1. The molecule has 0 aliphatic rings. The summed E-state index contributed by atoms with van der Waals surface area (Å²) < 4.78 is 11.5. The Balaban J connectivity index is 1.02. The van der Waals surface area contributed by atoms with E-state index in [0.29, 0.717) is 5.89 Å². The van der Waals surface area contributed by atoms with Crippen LogP contribution in [0.3, 0.4) is 0 Å². The Morgan fingerprint density at radius 2 is 1.06 bits per heavy atom. The third-order valence-electron chi connectivity index (χ3n) is 10.5. The van der Waals surface area contributed by atoms with Crippen LogP contribution in [-0.2, 0) is 0 Å². The number of fused-ring (bicyclic) bond motifs is 8. The van der Waals surface area contributed by atoms with Gasteiger partial charge in [-0.1, -0.05) is 133 Å². The van der Waals surface area contributed by atoms with E-state index in [2.05, 4.69) is 187 Å². The minimum absolute atomic E-state index is 0.627. The summed E-state index contributed by atoms with van der Waals surface area (Å²) in [5.74, 6) is 0.627. The third-order valence-corrected chi connectivity index (χ3v) is 11.7. The van der Waals surface area contributed by atoms with Crippen molar-refractivity contribution in [3.63, 3.8) is 0 Å². The number of aromatic nitrogens is 2. The van der Waals surface area contributed by atoms with Gasteiger partial charge in [0.1, 0.15) is 5.52 Å². The zero-order chi connectivity index (χ0) is 34.9. The predicted octanol–water partition coefficient (Wildman–Crippen LogP) is 14.0. The van der Waals surface area contributed by atoms with Crippen molar-refractivity contribution >= 4 is 64.4 Å². The molecule has 53 heavy (non-hydrogen) atoms. The molecule has 0 bridgehead atoms. The lowest BCUT2D eigenvalue weighted by Gasteiger charge is -2.10. The first-order chi connectivity index (χ1) is 26.3. The second kappa shape index (κ2) is 11.9. The predicted molar refractivity (Wildman–Crippen MR) is 223 cm³/mol. The number of hydrogen-bond donors (Lipinski definition) is 0. The highest BCUT2D eigenvalue weighted by atomic mass is 32.1. The highest BCUT2D eigenvalue weighted by Crippen LogP contribution is 2.45. The molecule has 8 aromatic carbocycles. The molecule has 3 heterocycles. The highest BCUT2D eigenvalue weighted by Gasteiger charge is 2.20. The van der Waals surface area contributed by atoms with E-state index in [1.807, 2.05) is 11.3 Å². The molecule has 0 spiro atoms. The van der Waals surface area contributed by atoms with Gasteiger partial charge < -0.3 is 8.98 Å². The average molecular weight is 695 g/mol. The Kier molecular flexibility index (Phi) is 6.73. The summed E-state index contributed by atoms with van der Waals surface area (Å²) >= 11 is 1.82. The normalized spacial score (nSPS) is 11.8. The van der Waals surface area contributed by atoms with Gasteiger partial charge in [0.2, 0.25) is 5.89 Å². The van der Waals surface area contributed by atoms with Crippen molar-refractivity contribution in [3.8, 4) is 50.5 Å². The molecule has 0 amide bonds. The number of nitrogens with zero attached hydrogens (tertiary/aromatic N) is 2. The molecule has 0 saturated heterocycles. The standard InChI is InChI=1S/C49H30N2OS/c1-3-12-31(13-4-1)32-26-28-36(29-27-32)51-41-19-9-7-16-38(41)45-37(18-11-20-42(45)51)34-22-24-35(25-23-34)49-50-47-43(52-49)30-40(33-14-5-2-6-15-33)48-46(47)39-17-8-10-21-44(39)53-48/h1-30H. The molecule has 4 heteroatoms. The lowest BCUT2D eigenvalue weighted by Crippen LogP contribution is -1.93. The fourth-order valence-corrected chi connectivity index (χ4v) is 9.24.